The van der Waals surface area contributed by atoms with Gasteiger partial charge >= 0.3 is 8.56 Å². The van der Waals surface area contributed by atoms with E-state index in [0.717, 1.165) is 12.8 Å². The number of allylic oxidation sites excluding steroid dienone is 1. The van der Waals surface area contributed by atoms with Gasteiger partial charge in [-0.15, -0.1) is 0 Å². The van der Waals surface area contributed by atoms with Crippen LogP contribution in [0.15, 0.2) is 11.8 Å². The molecule has 0 aliphatic heterocycles. The van der Waals surface area contributed by atoms with Crippen molar-refractivity contribution >= 4 is 20.5 Å². The van der Waals surface area contributed by atoms with E-state index in [9.17, 15) is 9.59 Å². The number of carbonyl (C=O) groups excluding carboxylic acids is 2. The Kier molecular flexibility index (Phi) is 10.1. The van der Waals surface area contributed by atoms with Crippen molar-refractivity contribution in [2.24, 2.45) is 0 Å². The van der Waals surface area contributed by atoms with Crippen LogP contribution in [-0.2, 0) is 18.4 Å². The molecule has 0 rings (SSSR count). The number of hydrogen-bond donors (Lipinski definition) is 0. The molecule has 0 spiro atoms. The van der Waals surface area contributed by atoms with Gasteiger partial charge in [0.15, 0.2) is 0 Å². The molecule has 0 heterocycles. The molecule has 0 aliphatic rings. The van der Waals surface area contributed by atoms with Crippen molar-refractivity contribution in [3.63, 3.8) is 0 Å². The molecule has 5 heteroatoms. The fourth-order valence-corrected chi connectivity index (χ4v) is 3.91. The van der Waals surface area contributed by atoms with Gasteiger partial charge in [-0.05, 0) is 18.5 Å². The summed E-state index contributed by atoms with van der Waals surface area (Å²) in [4.78, 5) is 22.1. The molecule has 0 saturated heterocycles. The van der Waals surface area contributed by atoms with Crippen LogP contribution in [0.2, 0.25) is 6.55 Å². The summed E-state index contributed by atoms with van der Waals surface area (Å²) < 4.78 is 10.4. The van der Waals surface area contributed by atoms with Crippen LogP contribution in [0.1, 0.15) is 65.7 Å². The molecule has 0 bridgehead atoms. The molecule has 0 aliphatic carbocycles. The highest BCUT2D eigenvalue weighted by atomic mass is 28.4. The van der Waals surface area contributed by atoms with Crippen molar-refractivity contribution < 1.29 is 18.4 Å². The smallest absolute Gasteiger partial charge is 0.482 e. The quantitative estimate of drug-likeness (QED) is 0.451. The molecular formula is C15H28O4Si. The Morgan fingerprint density at radius 3 is 1.95 bits per heavy atom. The second-order valence-corrected chi connectivity index (χ2v) is 7.94. The summed E-state index contributed by atoms with van der Waals surface area (Å²) in [5.41, 5.74) is 1.78. The average molecular weight is 300 g/mol. The molecule has 0 aromatic rings. The van der Waals surface area contributed by atoms with Crippen molar-refractivity contribution in [3.05, 3.63) is 11.8 Å². The van der Waals surface area contributed by atoms with Crippen molar-refractivity contribution in [2.75, 3.05) is 0 Å². The number of hydrogen-bond acceptors (Lipinski definition) is 4. The second kappa shape index (κ2) is 10.7. The number of unbranched alkanes of at least 4 members (excludes halogenated alkanes) is 6. The fraction of sp³-hybridized carbons (Fsp3) is 0.733. The maximum atomic E-state index is 11.1. The summed E-state index contributed by atoms with van der Waals surface area (Å²) in [7, 11) is -2.84. The van der Waals surface area contributed by atoms with Gasteiger partial charge in [0.25, 0.3) is 11.9 Å². The van der Waals surface area contributed by atoms with Crippen LogP contribution in [0, 0.1) is 0 Å². The van der Waals surface area contributed by atoms with Crippen LogP contribution in [0.3, 0.4) is 0 Å². The number of carbonyl (C=O) groups is 2. The molecule has 0 unspecified atom stereocenters. The first-order chi connectivity index (χ1) is 9.39. The van der Waals surface area contributed by atoms with Gasteiger partial charge in [0.1, 0.15) is 0 Å². The summed E-state index contributed by atoms with van der Waals surface area (Å²) >= 11 is 0. The van der Waals surface area contributed by atoms with Gasteiger partial charge < -0.3 is 8.85 Å². The lowest BCUT2D eigenvalue weighted by atomic mass is 10.1. The number of rotatable bonds is 10. The Hall–Kier alpha value is -1.10. The SMILES string of the molecule is CCCCCCCCC=C[Si](C)(OC(C)=O)OC(C)=O. The molecule has 0 N–H and O–H groups in total. The van der Waals surface area contributed by atoms with Gasteiger partial charge in [-0.25, -0.2) is 0 Å². The van der Waals surface area contributed by atoms with Crippen molar-refractivity contribution in [1.29, 1.82) is 0 Å². The molecule has 0 atom stereocenters. The minimum absolute atomic E-state index is 0.412. The van der Waals surface area contributed by atoms with Crippen molar-refractivity contribution in [3.8, 4) is 0 Å². The molecule has 0 amide bonds. The van der Waals surface area contributed by atoms with E-state index >= 15 is 0 Å². The Morgan fingerprint density at radius 2 is 1.45 bits per heavy atom. The molecule has 0 fully saturated rings. The third-order valence-corrected chi connectivity index (χ3v) is 5.06. The summed E-state index contributed by atoms with van der Waals surface area (Å²) in [5, 5.41) is 0. The van der Waals surface area contributed by atoms with E-state index in [-0.39, 0.29) is 0 Å². The van der Waals surface area contributed by atoms with E-state index in [1.54, 1.807) is 12.2 Å². The molecule has 0 aromatic heterocycles. The average Bonchev–Trinajstić information content (AvgIpc) is 2.30. The van der Waals surface area contributed by atoms with Crippen LogP contribution in [-0.4, -0.2) is 20.5 Å². The lowest BCUT2D eigenvalue weighted by molar-refractivity contribution is -0.138. The lowest BCUT2D eigenvalue weighted by Crippen LogP contribution is -2.40. The van der Waals surface area contributed by atoms with Crippen molar-refractivity contribution in [2.45, 2.75) is 72.3 Å². The van der Waals surface area contributed by atoms with Crippen LogP contribution in [0.25, 0.3) is 0 Å². The van der Waals surface area contributed by atoms with E-state index in [1.807, 2.05) is 6.08 Å². The zero-order valence-corrected chi connectivity index (χ0v) is 14.2. The van der Waals surface area contributed by atoms with Gasteiger partial charge in [-0.1, -0.05) is 45.1 Å². The van der Waals surface area contributed by atoms with E-state index in [1.165, 1.54) is 46.0 Å². The molecular weight excluding hydrogens is 272 g/mol. The molecule has 0 aromatic carbocycles. The zero-order chi connectivity index (χ0) is 15.4. The minimum Gasteiger partial charge on any atom is -0.482 e. The van der Waals surface area contributed by atoms with Gasteiger partial charge in [0.2, 0.25) is 0 Å². The monoisotopic (exact) mass is 300 g/mol. The maximum Gasteiger partial charge on any atom is 0.488 e. The fourth-order valence-electron chi connectivity index (χ4n) is 2.00. The molecule has 0 saturated carbocycles. The summed E-state index contributed by atoms with van der Waals surface area (Å²) in [6, 6.07) is 0. The predicted molar refractivity (Wildman–Crippen MR) is 82.3 cm³/mol. The summed E-state index contributed by atoms with van der Waals surface area (Å²) in [6.07, 6.45) is 10.4. The zero-order valence-electron chi connectivity index (χ0n) is 13.2. The van der Waals surface area contributed by atoms with Gasteiger partial charge in [0.05, 0.1) is 0 Å². The van der Waals surface area contributed by atoms with Gasteiger partial charge in [-0.3, -0.25) is 9.59 Å². The van der Waals surface area contributed by atoms with Gasteiger partial charge in [0, 0.05) is 20.4 Å². The Morgan fingerprint density at radius 1 is 0.950 bits per heavy atom. The third-order valence-electron chi connectivity index (χ3n) is 2.84. The van der Waals surface area contributed by atoms with Crippen LogP contribution in [0.5, 0.6) is 0 Å². The summed E-state index contributed by atoms with van der Waals surface area (Å²) in [5.74, 6) is -0.825. The van der Waals surface area contributed by atoms with E-state index < -0.39 is 20.5 Å². The first-order valence-corrected chi connectivity index (χ1v) is 9.86. The molecule has 4 nitrogen and oxygen atoms in total. The van der Waals surface area contributed by atoms with E-state index in [4.69, 9.17) is 8.85 Å². The molecule has 116 valence electrons. The second-order valence-electron chi connectivity index (χ2n) is 5.16. The molecule has 0 radical (unpaired) electrons. The standard InChI is InChI=1S/C15H28O4Si/c1-5-6-7-8-9-10-11-12-13-20(4,18-14(2)16)19-15(3)17/h12-13H,5-11H2,1-4H3. The Balaban J connectivity index is 4.07. The third kappa shape index (κ3) is 10.8. The first kappa shape index (κ1) is 18.9. The highest BCUT2D eigenvalue weighted by molar-refractivity contribution is 6.74. The topological polar surface area (TPSA) is 52.6 Å². The Labute approximate surface area is 123 Å². The van der Waals surface area contributed by atoms with Crippen molar-refractivity contribution in [1.82, 2.24) is 0 Å². The lowest BCUT2D eigenvalue weighted by Gasteiger charge is -2.21. The normalized spacial score (nSPS) is 11.6. The largest absolute Gasteiger partial charge is 0.488 e. The maximum absolute atomic E-state index is 11.1. The van der Waals surface area contributed by atoms with Crippen LogP contribution < -0.4 is 0 Å². The molecule has 20 heavy (non-hydrogen) atoms. The Bertz CT molecular complexity index is 310. The van der Waals surface area contributed by atoms with Crippen LogP contribution in [0.4, 0.5) is 0 Å². The van der Waals surface area contributed by atoms with Gasteiger partial charge in [-0.2, -0.15) is 0 Å². The minimum atomic E-state index is -2.84. The van der Waals surface area contributed by atoms with E-state index in [0.29, 0.717) is 0 Å². The summed E-state index contributed by atoms with van der Waals surface area (Å²) in [6.45, 7) is 6.57. The van der Waals surface area contributed by atoms with Crippen LogP contribution >= 0.6 is 0 Å². The van der Waals surface area contributed by atoms with E-state index in [2.05, 4.69) is 6.92 Å². The predicted octanol–water partition coefficient (Wildman–Crippen LogP) is 4.03. The highest BCUT2D eigenvalue weighted by Crippen LogP contribution is 2.12. The highest BCUT2D eigenvalue weighted by Gasteiger charge is 2.34. The first-order valence-electron chi connectivity index (χ1n) is 7.46.